The van der Waals surface area contributed by atoms with Crippen molar-refractivity contribution in [1.29, 1.82) is 0 Å². The van der Waals surface area contributed by atoms with Gasteiger partial charge in [-0.25, -0.2) is 12.8 Å². The Bertz CT molecular complexity index is 743. The molecule has 0 aliphatic rings. The zero-order valence-electron chi connectivity index (χ0n) is 9.90. The first-order valence-corrected chi connectivity index (χ1v) is 7.57. The van der Waals surface area contributed by atoms with Crippen LogP contribution in [0.25, 0.3) is 0 Å². The SMILES string of the molecule is Nc1c(Cl)cc(NS(=O)(=O)c2ccccc2F)cc1Cl. The molecule has 0 aliphatic heterocycles. The van der Waals surface area contributed by atoms with E-state index in [1.807, 2.05) is 0 Å². The molecular formula is C12H9Cl2FN2O2S. The van der Waals surface area contributed by atoms with E-state index in [-0.39, 0.29) is 21.4 Å². The monoisotopic (exact) mass is 334 g/mol. The molecule has 0 amide bonds. The van der Waals surface area contributed by atoms with Crippen LogP contribution >= 0.6 is 23.2 Å². The Morgan fingerprint density at radius 2 is 1.65 bits per heavy atom. The molecule has 2 aromatic rings. The van der Waals surface area contributed by atoms with E-state index >= 15 is 0 Å². The van der Waals surface area contributed by atoms with E-state index < -0.39 is 20.7 Å². The molecule has 0 radical (unpaired) electrons. The summed E-state index contributed by atoms with van der Waals surface area (Å²) in [5.74, 6) is -0.854. The number of sulfonamides is 1. The maximum absolute atomic E-state index is 13.5. The molecule has 2 aromatic carbocycles. The topological polar surface area (TPSA) is 72.2 Å². The first-order chi connectivity index (χ1) is 9.31. The van der Waals surface area contributed by atoms with Crippen molar-refractivity contribution in [3.05, 3.63) is 52.3 Å². The Hall–Kier alpha value is -1.50. The van der Waals surface area contributed by atoms with Crippen molar-refractivity contribution >= 4 is 44.6 Å². The summed E-state index contributed by atoms with van der Waals surface area (Å²) in [6.45, 7) is 0. The number of rotatable bonds is 3. The third kappa shape index (κ3) is 2.98. The second kappa shape index (κ2) is 5.47. The normalized spacial score (nSPS) is 11.3. The highest BCUT2D eigenvalue weighted by molar-refractivity contribution is 7.92. The van der Waals surface area contributed by atoms with Gasteiger partial charge in [0, 0.05) is 0 Å². The van der Waals surface area contributed by atoms with Crippen molar-refractivity contribution < 1.29 is 12.8 Å². The van der Waals surface area contributed by atoms with Crippen molar-refractivity contribution in [3.8, 4) is 0 Å². The highest BCUT2D eigenvalue weighted by Crippen LogP contribution is 2.32. The molecule has 106 valence electrons. The highest BCUT2D eigenvalue weighted by atomic mass is 35.5. The molecule has 20 heavy (non-hydrogen) atoms. The summed E-state index contributed by atoms with van der Waals surface area (Å²) in [5, 5.41) is 0.201. The number of hydrogen-bond acceptors (Lipinski definition) is 3. The predicted molar refractivity (Wildman–Crippen MR) is 78.1 cm³/mol. The van der Waals surface area contributed by atoms with E-state index in [4.69, 9.17) is 28.9 Å². The third-order valence-electron chi connectivity index (χ3n) is 2.46. The molecule has 0 fully saturated rings. The standard InChI is InChI=1S/C12H9Cl2FN2O2S/c13-8-5-7(6-9(14)12(8)16)17-20(18,19)11-4-2-1-3-10(11)15/h1-6,17H,16H2. The largest absolute Gasteiger partial charge is 0.396 e. The quantitative estimate of drug-likeness (QED) is 0.843. The van der Waals surface area contributed by atoms with Gasteiger partial charge in [0.05, 0.1) is 21.4 Å². The Kier molecular flexibility index (Phi) is 4.08. The van der Waals surface area contributed by atoms with Gasteiger partial charge in [-0.15, -0.1) is 0 Å². The Labute approximate surface area is 125 Å². The summed E-state index contributed by atoms with van der Waals surface area (Å²) >= 11 is 11.6. The summed E-state index contributed by atoms with van der Waals surface area (Å²) in [7, 11) is -4.07. The van der Waals surface area contributed by atoms with Crippen molar-refractivity contribution in [2.75, 3.05) is 10.5 Å². The zero-order valence-corrected chi connectivity index (χ0v) is 12.2. The van der Waals surface area contributed by atoms with E-state index in [2.05, 4.69) is 4.72 Å². The molecule has 0 saturated heterocycles. The maximum Gasteiger partial charge on any atom is 0.264 e. The average molecular weight is 335 g/mol. The van der Waals surface area contributed by atoms with Crippen LogP contribution in [0.1, 0.15) is 0 Å². The summed E-state index contributed by atoms with van der Waals surface area (Å²) in [6, 6.07) is 7.60. The summed E-state index contributed by atoms with van der Waals surface area (Å²) in [4.78, 5) is -0.468. The molecule has 0 unspecified atom stereocenters. The van der Waals surface area contributed by atoms with Gasteiger partial charge in [0.25, 0.3) is 10.0 Å². The van der Waals surface area contributed by atoms with Gasteiger partial charge in [-0.2, -0.15) is 0 Å². The van der Waals surface area contributed by atoms with E-state index in [1.165, 1.54) is 24.3 Å². The van der Waals surface area contributed by atoms with Crippen LogP contribution in [-0.2, 0) is 10.0 Å². The van der Waals surface area contributed by atoms with Crippen molar-refractivity contribution in [1.82, 2.24) is 0 Å². The van der Waals surface area contributed by atoms with Crippen LogP contribution < -0.4 is 10.5 Å². The molecule has 3 N–H and O–H groups in total. The number of nitrogens with two attached hydrogens (primary N) is 1. The Morgan fingerprint density at radius 3 is 2.20 bits per heavy atom. The van der Waals surface area contributed by atoms with Crippen LogP contribution in [0.15, 0.2) is 41.3 Å². The van der Waals surface area contributed by atoms with E-state index in [0.717, 1.165) is 12.1 Å². The van der Waals surface area contributed by atoms with Gasteiger partial charge in [-0.1, -0.05) is 35.3 Å². The first-order valence-electron chi connectivity index (χ1n) is 5.33. The van der Waals surface area contributed by atoms with E-state index in [0.29, 0.717) is 0 Å². The van der Waals surface area contributed by atoms with Crippen molar-refractivity contribution in [2.45, 2.75) is 4.90 Å². The zero-order chi connectivity index (χ0) is 14.9. The third-order valence-corrected chi connectivity index (χ3v) is 4.50. The molecule has 4 nitrogen and oxygen atoms in total. The fourth-order valence-corrected chi connectivity index (χ4v) is 3.12. The molecule has 0 heterocycles. The first kappa shape index (κ1) is 14.9. The van der Waals surface area contributed by atoms with Crippen LogP contribution in [0.2, 0.25) is 10.0 Å². The van der Waals surface area contributed by atoms with Crippen molar-refractivity contribution in [2.24, 2.45) is 0 Å². The van der Waals surface area contributed by atoms with Crippen LogP contribution in [0.4, 0.5) is 15.8 Å². The summed E-state index contributed by atoms with van der Waals surface area (Å²) < 4.78 is 39.8. The van der Waals surface area contributed by atoms with Gasteiger partial charge in [0.15, 0.2) is 0 Å². The molecule has 0 spiro atoms. The molecule has 0 aromatic heterocycles. The van der Waals surface area contributed by atoms with Gasteiger partial charge >= 0.3 is 0 Å². The molecule has 0 bridgehead atoms. The van der Waals surface area contributed by atoms with Crippen molar-refractivity contribution in [3.63, 3.8) is 0 Å². The molecule has 0 saturated carbocycles. The lowest BCUT2D eigenvalue weighted by Crippen LogP contribution is -2.14. The lowest BCUT2D eigenvalue weighted by atomic mass is 10.3. The van der Waals surface area contributed by atoms with Gasteiger partial charge in [-0.3, -0.25) is 4.72 Å². The van der Waals surface area contributed by atoms with Gasteiger partial charge in [0.1, 0.15) is 10.7 Å². The lowest BCUT2D eigenvalue weighted by Gasteiger charge is -2.10. The van der Waals surface area contributed by atoms with Gasteiger partial charge in [0.2, 0.25) is 0 Å². The van der Waals surface area contributed by atoms with Crippen LogP contribution in [-0.4, -0.2) is 8.42 Å². The molecule has 8 heteroatoms. The number of benzene rings is 2. The van der Waals surface area contributed by atoms with Crippen LogP contribution in [0, 0.1) is 5.82 Å². The van der Waals surface area contributed by atoms with Crippen LogP contribution in [0.3, 0.4) is 0 Å². The highest BCUT2D eigenvalue weighted by Gasteiger charge is 2.19. The molecule has 0 atom stereocenters. The summed E-state index contributed by atoms with van der Waals surface area (Å²) in [6.07, 6.45) is 0. The molecule has 0 aliphatic carbocycles. The minimum Gasteiger partial charge on any atom is -0.396 e. The second-order valence-corrected chi connectivity index (χ2v) is 6.35. The second-order valence-electron chi connectivity index (χ2n) is 3.89. The lowest BCUT2D eigenvalue weighted by molar-refractivity contribution is 0.570. The van der Waals surface area contributed by atoms with E-state index in [1.54, 1.807) is 0 Å². The Morgan fingerprint density at radius 1 is 1.10 bits per heavy atom. The molecular weight excluding hydrogens is 326 g/mol. The fraction of sp³-hybridized carbons (Fsp3) is 0. The predicted octanol–water partition coefficient (Wildman–Crippen LogP) is 3.52. The summed E-state index contributed by atoms with van der Waals surface area (Å²) in [5.41, 5.74) is 5.78. The Balaban J connectivity index is 2.42. The molecule has 2 rings (SSSR count). The smallest absolute Gasteiger partial charge is 0.264 e. The van der Waals surface area contributed by atoms with Gasteiger partial charge < -0.3 is 5.73 Å². The number of nitrogen functional groups attached to an aromatic ring is 1. The number of anilines is 2. The maximum atomic E-state index is 13.5. The number of halogens is 3. The fourth-order valence-electron chi connectivity index (χ4n) is 1.52. The average Bonchev–Trinajstić information content (AvgIpc) is 2.35. The minimum atomic E-state index is -4.07. The number of hydrogen-bond donors (Lipinski definition) is 2. The minimum absolute atomic E-state index is 0.0949. The van der Waals surface area contributed by atoms with E-state index in [9.17, 15) is 12.8 Å². The number of nitrogens with one attached hydrogen (secondary N) is 1. The van der Waals surface area contributed by atoms with Gasteiger partial charge in [-0.05, 0) is 24.3 Å². The van der Waals surface area contributed by atoms with Crippen LogP contribution in [0.5, 0.6) is 0 Å².